The number of hydrogen-bond acceptors (Lipinski definition) is 8. The molecule has 2 aromatic carbocycles. The molecule has 8 rings (SSSR count). The van der Waals surface area contributed by atoms with Crippen molar-refractivity contribution in [3.63, 3.8) is 0 Å². The monoisotopic (exact) mass is 1100 g/mol. The largest absolute Gasteiger partial charge is 0.275 e. The van der Waals surface area contributed by atoms with Crippen LogP contribution in [0.25, 0.3) is 0 Å². The Morgan fingerprint density at radius 1 is 0.207 bits per heavy atom. The van der Waals surface area contributed by atoms with Gasteiger partial charge in [-0.15, -0.1) is 0 Å². The van der Waals surface area contributed by atoms with Gasteiger partial charge in [0.2, 0.25) is 0 Å². The van der Waals surface area contributed by atoms with Gasteiger partial charge in [0, 0.05) is 44.4 Å². The van der Waals surface area contributed by atoms with Gasteiger partial charge in [0.1, 0.15) is 23.3 Å². The van der Waals surface area contributed by atoms with Crippen molar-refractivity contribution in [2.24, 2.45) is 0 Å². The van der Waals surface area contributed by atoms with Crippen molar-refractivity contribution in [3.05, 3.63) is 153 Å². The molecule has 0 spiro atoms. The van der Waals surface area contributed by atoms with E-state index in [4.69, 9.17) is 19.9 Å². The second-order valence-corrected chi connectivity index (χ2v) is 34.3. The fourth-order valence-corrected chi connectivity index (χ4v) is 10.5. The Labute approximate surface area is 497 Å². The summed E-state index contributed by atoms with van der Waals surface area (Å²) in [5, 5.41) is 0. The van der Waals surface area contributed by atoms with Crippen LogP contribution < -0.4 is 19.6 Å². The maximum absolute atomic E-state index is 5.91. The van der Waals surface area contributed by atoms with Crippen molar-refractivity contribution in [3.8, 4) is 0 Å². The summed E-state index contributed by atoms with van der Waals surface area (Å²) in [5.41, 5.74) is 13.1. The third kappa shape index (κ3) is 12.2. The Balaban J connectivity index is 1.76. The van der Waals surface area contributed by atoms with E-state index < -0.39 is 0 Å². The van der Waals surface area contributed by atoms with Crippen LogP contribution in [0.1, 0.15) is 264 Å². The van der Waals surface area contributed by atoms with Crippen LogP contribution in [0.4, 0.5) is 46.0 Å². The SMILES string of the molecule is CC(C)(C)c1cc(N2/C(=C3/N(c4cc(C(C)(C)C)cc(C(C)(C)C)n4)c4ccc(C(C)(C)C)cc4N3c3cc(C(C)(C)C)cc(C(C)(C)C)n3)N(c3cc(C(C)(C)C)cc(C(C)(C)C)n3)c3cc(C(C)(C)C)ccc32)nc(C(C)(C)C)c1. The molecule has 0 aliphatic carbocycles. The molecule has 0 atom stereocenters. The van der Waals surface area contributed by atoms with Crippen molar-refractivity contribution in [2.75, 3.05) is 19.6 Å². The van der Waals surface area contributed by atoms with Crippen molar-refractivity contribution in [2.45, 2.75) is 262 Å². The summed E-state index contributed by atoms with van der Waals surface area (Å²) in [6.07, 6.45) is 0. The van der Waals surface area contributed by atoms with Crippen LogP contribution in [0.15, 0.2) is 96.6 Å². The average molecular weight is 1110 g/mol. The van der Waals surface area contributed by atoms with E-state index in [9.17, 15) is 0 Å². The molecule has 0 bridgehead atoms. The van der Waals surface area contributed by atoms with Gasteiger partial charge >= 0.3 is 0 Å². The molecule has 440 valence electrons. The van der Waals surface area contributed by atoms with Crippen LogP contribution >= 0.6 is 0 Å². The summed E-state index contributed by atoms with van der Waals surface area (Å²) in [5.74, 6) is 5.10. The molecule has 6 aromatic rings. The minimum absolute atomic E-state index is 0.186. The molecule has 8 heteroatoms. The lowest BCUT2D eigenvalue weighted by atomic mass is 9.83. The summed E-state index contributed by atoms with van der Waals surface area (Å²) < 4.78 is 0. The molecular formula is C74H104N8. The minimum Gasteiger partial charge on any atom is -0.275 e. The fraction of sp³-hybridized carbons (Fsp3) is 0.541. The zero-order chi connectivity index (χ0) is 61.6. The van der Waals surface area contributed by atoms with Gasteiger partial charge in [0.15, 0.2) is 11.6 Å². The van der Waals surface area contributed by atoms with Gasteiger partial charge in [-0.05, 0) is 139 Å². The van der Waals surface area contributed by atoms with Gasteiger partial charge in [0.05, 0.1) is 22.7 Å². The number of hydrogen-bond donors (Lipinski definition) is 0. The highest BCUT2D eigenvalue weighted by molar-refractivity contribution is 5.99. The third-order valence-corrected chi connectivity index (χ3v) is 16.4. The zero-order valence-corrected chi connectivity index (χ0v) is 56.7. The molecule has 2 aliphatic heterocycles. The van der Waals surface area contributed by atoms with E-state index in [1.165, 1.54) is 33.4 Å². The number of nitrogens with zero attached hydrogens (tertiary/aromatic N) is 8. The Kier molecular flexibility index (Phi) is 15.0. The summed E-state index contributed by atoms with van der Waals surface area (Å²) >= 11 is 0. The summed E-state index contributed by atoms with van der Waals surface area (Å²) in [7, 11) is 0. The molecule has 0 saturated heterocycles. The van der Waals surface area contributed by atoms with Gasteiger partial charge in [-0.1, -0.05) is 220 Å². The van der Waals surface area contributed by atoms with E-state index in [2.05, 4.69) is 312 Å². The smallest absolute Gasteiger partial charge is 0.168 e. The number of rotatable bonds is 4. The Morgan fingerprint density at radius 3 is 0.585 bits per heavy atom. The van der Waals surface area contributed by atoms with E-state index in [1.807, 2.05) is 0 Å². The molecule has 0 N–H and O–H groups in total. The predicted octanol–water partition coefficient (Wildman–Crippen LogP) is 20.6. The molecule has 0 amide bonds. The first kappa shape index (κ1) is 62.0. The fourth-order valence-electron chi connectivity index (χ4n) is 10.5. The van der Waals surface area contributed by atoms with Gasteiger partial charge in [0.25, 0.3) is 0 Å². The Hall–Kier alpha value is -6.02. The van der Waals surface area contributed by atoms with Crippen molar-refractivity contribution in [1.29, 1.82) is 0 Å². The number of pyridine rings is 4. The second-order valence-electron chi connectivity index (χ2n) is 34.3. The second kappa shape index (κ2) is 19.8. The standard InChI is InChI=1S/C74H104N8/c1-65(2,3)45-31-33-51-53(35-45)81(61-43-49(69(13,14)15)39-57(77-61)73(25,26)27)63(79(51)59-41-47(67(7,8)9)37-55(75-59)71(19,20)21)64-80(60-42-48(68(10,11)12)38-56(76-60)72(22,23)24)52-34-32-46(66(4,5)6)36-54(52)82(64)62-44-50(70(16,17)18)40-58(78-62)74(28,29)30/h31-44H,1-30H3/b64-63+. The van der Waals surface area contributed by atoms with Gasteiger partial charge in [-0.2, -0.15) is 0 Å². The van der Waals surface area contributed by atoms with Crippen molar-refractivity contribution in [1.82, 2.24) is 19.9 Å². The molecule has 0 radical (unpaired) electrons. The lowest BCUT2D eigenvalue weighted by Gasteiger charge is -2.36. The highest BCUT2D eigenvalue weighted by Gasteiger charge is 2.48. The van der Waals surface area contributed by atoms with E-state index in [-0.39, 0.29) is 54.1 Å². The highest BCUT2D eigenvalue weighted by atomic mass is 15.5. The van der Waals surface area contributed by atoms with Crippen LogP contribution in [-0.2, 0) is 54.1 Å². The van der Waals surface area contributed by atoms with Crippen LogP contribution in [-0.4, -0.2) is 19.9 Å². The highest BCUT2D eigenvalue weighted by Crippen LogP contribution is 2.59. The van der Waals surface area contributed by atoms with E-state index in [0.717, 1.165) is 80.4 Å². The first-order valence-corrected chi connectivity index (χ1v) is 30.3. The normalized spacial score (nSPS) is 16.2. The molecule has 4 aromatic heterocycles. The molecule has 0 fully saturated rings. The van der Waals surface area contributed by atoms with E-state index >= 15 is 0 Å². The Morgan fingerprint density at radius 2 is 0.402 bits per heavy atom. The molecule has 0 unspecified atom stereocenters. The first-order chi connectivity index (χ1) is 37.0. The first-order valence-electron chi connectivity index (χ1n) is 30.3. The van der Waals surface area contributed by atoms with Crippen molar-refractivity contribution >= 4 is 46.0 Å². The zero-order valence-electron chi connectivity index (χ0n) is 56.7. The molecule has 8 nitrogen and oxygen atoms in total. The minimum atomic E-state index is -0.282. The van der Waals surface area contributed by atoms with Crippen LogP contribution in [0.2, 0.25) is 0 Å². The van der Waals surface area contributed by atoms with Crippen LogP contribution in [0.3, 0.4) is 0 Å². The Bertz CT molecular complexity index is 3100. The lowest BCUT2D eigenvalue weighted by molar-refractivity contribution is 0.551. The number of aromatic nitrogens is 4. The summed E-state index contributed by atoms with van der Waals surface area (Å²) in [6, 6.07) is 33.0. The van der Waals surface area contributed by atoms with E-state index in [1.54, 1.807) is 0 Å². The van der Waals surface area contributed by atoms with Crippen LogP contribution in [0, 0.1) is 0 Å². The quantitative estimate of drug-likeness (QED) is 0.173. The van der Waals surface area contributed by atoms with Gasteiger partial charge in [-0.25, -0.2) is 19.9 Å². The summed E-state index contributed by atoms with van der Waals surface area (Å²) in [4.78, 5) is 33.5. The number of anilines is 8. The predicted molar refractivity (Wildman–Crippen MR) is 352 cm³/mol. The van der Waals surface area contributed by atoms with Gasteiger partial charge in [-0.3, -0.25) is 19.6 Å². The number of benzene rings is 2. The third-order valence-electron chi connectivity index (χ3n) is 16.4. The molecule has 82 heavy (non-hydrogen) atoms. The maximum atomic E-state index is 5.91. The molecule has 6 heterocycles. The average Bonchev–Trinajstić information content (AvgIpc) is 1.79. The van der Waals surface area contributed by atoms with Crippen LogP contribution in [0.5, 0.6) is 0 Å². The summed E-state index contributed by atoms with van der Waals surface area (Å²) in [6.45, 7) is 69.1. The maximum Gasteiger partial charge on any atom is 0.168 e. The lowest BCUT2D eigenvalue weighted by Crippen LogP contribution is -2.36. The van der Waals surface area contributed by atoms with Gasteiger partial charge < -0.3 is 0 Å². The van der Waals surface area contributed by atoms with E-state index in [0.29, 0.717) is 0 Å². The molecule has 2 aliphatic rings. The van der Waals surface area contributed by atoms with Crippen molar-refractivity contribution < 1.29 is 0 Å². The topological polar surface area (TPSA) is 64.5 Å². The number of fused-ring (bicyclic) bond motifs is 2. The molecular weight excluding hydrogens is 1000 g/mol. The molecule has 0 saturated carbocycles.